The average Bonchev–Trinajstić information content (AvgIpc) is 3.82. The van der Waals surface area contributed by atoms with Crippen LogP contribution in [0.3, 0.4) is 0 Å². The number of rotatable bonds is 9. The quantitative estimate of drug-likeness (QED) is 0.222. The molecule has 0 bridgehead atoms. The van der Waals surface area contributed by atoms with E-state index in [0.29, 0.717) is 54.5 Å². The van der Waals surface area contributed by atoms with Gasteiger partial charge in [0, 0.05) is 21.7 Å². The molecule has 0 aliphatic carbocycles. The van der Waals surface area contributed by atoms with Gasteiger partial charge in [-0.15, -0.1) is 0 Å². The lowest BCUT2D eigenvalue weighted by atomic mass is 10.0. The van der Waals surface area contributed by atoms with E-state index in [9.17, 15) is 0 Å². The minimum absolute atomic E-state index is 0.418. The van der Waals surface area contributed by atoms with Crippen LogP contribution < -0.4 is 41.3 Å². The van der Waals surface area contributed by atoms with Crippen LogP contribution in [0.25, 0.3) is 11.1 Å². The Morgan fingerprint density at radius 1 is 0.500 bits per heavy atom. The van der Waals surface area contributed by atoms with Crippen molar-refractivity contribution in [2.75, 3.05) is 14.2 Å². The molecule has 0 spiro atoms. The molecule has 0 amide bonds. The Labute approximate surface area is 229 Å². The summed E-state index contributed by atoms with van der Waals surface area (Å²) in [5.74, 6) is 0.836. The minimum Gasteiger partial charge on any atom is -0.496 e. The van der Waals surface area contributed by atoms with Crippen LogP contribution >= 0.6 is 14.3 Å². The van der Waals surface area contributed by atoms with Crippen LogP contribution in [0.4, 0.5) is 0 Å². The normalized spacial score (nSPS) is 11.9. The van der Waals surface area contributed by atoms with Crippen molar-refractivity contribution in [2.45, 2.75) is 0 Å². The molecule has 0 unspecified atom stereocenters. The van der Waals surface area contributed by atoms with E-state index in [1.54, 1.807) is 60.7 Å². The van der Waals surface area contributed by atoms with Gasteiger partial charge in [-0.3, -0.25) is 0 Å². The number of hydrogen-bond donors (Lipinski definition) is 0. The Morgan fingerprint density at radius 3 is 1.07 bits per heavy atom. The number of benzene rings is 2. The molecule has 6 aromatic rings. The molecule has 40 heavy (non-hydrogen) atoms. The highest BCUT2D eigenvalue weighted by Crippen LogP contribution is 2.52. The van der Waals surface area contributed by atoms with E-state index in [0.717, 1.165) is 0 Å². The Hall–Kier alpha value is -4.38. The van der Waals surface area contributed by atoms with E-state index in [-0.39, 0.29) is 0 Å². The maximum Gasteiger partial charge on any atom is 0.178 e. The van der Waals surface area contributed by atoms with Gasteiger partial charge < -0.3 is 36.3 Å². The predicted molar refractivity (Wildman–Crippen MR) is 153 cm³/mol. The van der Waals surface area contributed by atoms with Crippen molar-refractivity contribution in [3.8, 4) is 22.6 Å². The molecular weight excluding hydrogens is 550 g/mol. The zero-order valence-electron chi connectivity index (χ0n) is 21.6. The highest BCUT2D eigenvalue weighted by Gasteiger charge is 2.40. The van der Waals surface area contributed by atoms with Crippen LogP contribution in [-0.4, -0.2) is 14.2 Å². The van der Waals surface area contributed by atoms with Crippen LogP contribution in [0.1, 0.15) is 0 Å². The maximum absolute atomic E-state index is 15.3. The molecule has 6 rings (SSSR count). The molecule has 10 heteroatoms. The van der Waals surface area contributed by atoms with Crippen molar-refractivity contribution in [1.29, 1.82) is 0 Å². The van der Waals surface area contributed by atoms with Crippen LogP contribution in [0, 0.1) is 0 Å². The van der Waals surface area contributed by atoms with Gasteiger partial charge in [0.2, 0.25) is 0 Å². The molecule has 8 nitrogen and oxygen atoms in total. The smallest absolute Gasteiger partial charge is 0.178 e. The fourth-order valence-corrected chi connectivity index (χ4v) is 10.3. The first-order valence-corrected chi connectivity index (χ1v) is 15.6. The van der Waals surface area contributed by atoms with E-state index in [4.69, 9.17) is 27.1 Å². The Balaban J connectivity index is 1.76. The van der Waals surface area contributed by atoms with Gasteiger partial charge in [0.05, 0.1) is 60.5 Å². The zero-order chi connectivity index (χ0) is 27.7. The Kier molecular flexibility index (Phi) is 6.67. The summed E-state index contributed by atoms with van der Waals surface area (Å²) < 4.78 is 63.9. The zero-order valence-corrected chi connectivity index (χ0v) is 23.3. The molecule has 0 radical (unpaired) electrons. The second-order valence-corrected chi connectivity index (χ2v) is 14.3. The van der Waals surface area contributed by atoms with Gasteiger partial charge >= 0.3 is 0 Å². The third kappa shape index (κ3) is 3.91. The van der Waals surface area contributed by atoms with Gasteiger partial charge in [0.1, 0.15) is 36.6 Å². The van der Waals surface area contributed by atoms with Crippen molar-refractivity contribution in [1.82, 2.24) is 0 Å². The third-order valence-corrected chi connectivity index (χ3v) is 12.9. The topological polar surface area (TPSA) is 105 Å². The molecule has 0 saturated heterocycles. The molecule has 0 N–H and O–H groups in total. The highest BCUT2D eigenvalue weighted by molar-refractivity contribution is 7.86. The Bertz CT molecular complexity index is 1600. The van der Waals surface area contributed by atoms with Crippen molar-refractivity contribution < 1.29 is 36.3 Å². The standard InChI is InChI=1S/C30H24O8P2/c1-33-25-5-3-7-27(39(31,21-9-13-35-17-21)22-10-14-36-18-22)29(25)30-26(34-2)6-4-8-28(30)40(32,23-11-15-37-19-23)24-12-16-38-20-24/h3-20H,1-2H3. The van der Waals surface area contributed by atoms with Crippen molar-refractivity contribution in [3.05, 3.63) is 111 Å². The van der Waals surface area contributed by atoms with Crippen molar-refractivity contribution >= 4 is 46.1 Å². The molecule has 0 aliphatic heterocycles. The van der Waals surface area contributed by atoms with E-state index >= 15 is 9.13 Å². The molecule has 4 heterocycles. The van der Waals surface area contributed by atoms with Crippen LogP contribution in [0.2, 0.25) is 0 Å². The summed E-state index contributed by atoms with van der Waals surface area (Å²) in [4.78, 5) is 0. The highest BCUT2D eigenvalue weighted by atomic mass is 31.2. The van der Waals surface area contributed by atoms with Crippen LogP contribution in [0.5, 0.6) is 11.5 Å². The number of furan rings is 4. The SMILES string of the molecule is COc1cccc(P(=O)(c2ccoc2)c2ccoc2)c1-c1c(OC)cccc1P(=O)(c1ccoc1)c1ccoc1. The fraction of sp³-hybridized carbons (Fsp3) is 0.0667. The van der Waals surface area contributed by atoms with Gasteiger partial charge in [0.15, 0.2) is 14.3 Å². The first kappa shape index (κ1) is 25.9. The number of methoxy groups -OCH3 is 2. The van der Waals surface area contributed by atoms with E-state index in [1.165, 1.54) is 64.3 Å². The molecule has 202 valence electrons. The first-order valence-electron chi connectivity index (χ1n) is 12.2. The second-order valence-electron chi connectivity index (χ2n) is 8.85. The van der Waals surface area contributed by atoms with Gasteiger partial charge in [-0.2, -0.15) is 0 Å². The fourth-order valence-electron chi connectivity index (χ4n) is 5.01. The summed E-state index contributed by atoms with van der Waals surface area (Å²) in [7, 11) is -4.13. The largest absolute Gasteiger partial charge is 0.496 e. The molecule has 0 saturated carbocycles. The summed E-state index contributed by atoms with van der Waals surface area (Å²) >= 11 is 0. The molecule has 0 atom stereocenters. The van der Waals surface area contributed by atoms with E-state index < -0.39 is 14.3 Å². The summed E-state index contributed by atoms with van der Waals surface area (Å²) in [5.41, 5.74) is 0.936. The number of hydrogen-bond acceptors (Lipinski definition) is 8. The van der Waals surface area contributed by atoms with Gasteiger partial charge in [-0.05, 0) is 48.5 Å². The lowest BCUT2D eigenvalue weighted by Gasteiger charge is -2.26. The summed E-state index contributed by atoms with van der Waals surface area (Å²) in [6.45, 7) is 0. The van der Waals surface area contributed by atoms with Crippen LogP contribution in [-0.2, 0) is 9.13 Å². The molecular formula is C30H24O8P2. The van der Waals surface area contributed by atoms with E-state index in [1.807, 2.05) is 0 Å². The lowest BCUT2D eigenvalue weighted by molar-refractivity contribution is 0.411. The minimum atomic E-state index is -3.60. The van der Waals surface area contributed by atoms with Crippen molar-refractivity contribution in [2.24, 2.45) is 0 Å². The first-order chi connectivity index (χ1) is 19.5. The maximum atomic E-state index is 15.3. The van der Waals surface area contributed by atoms with E-state index in [2.05, 4.69) is 0 Å². The molecule has 4 aromatic heterocycles. The third-order valence-electron chi connectivity index (χ3n) is 6.86. The van der Waals surface area contributed by atoms with Crippen LogP contribution in [0.15, 0.2) is 128 Å². The second kappa shape index (κ2) is 10.3. The lowest BCUT2D eigenvalue weighted by Crippen LogP contribution is -2.29. The molecule has 0 fully saturated rings. The molecule has 2 aromatic carbocycles. The predicted octanol–water partition coefficient (Wildman–Crippen LogP) is 5.02. The Morgan fingerprint density at radius 2 is 0.825 bits per heavy atom. The van der Waals surface area contributed by atoms with Gasteiger partial charge in [-0.1, -0.05) is 12.1 Å². The number of ether oxygens (including phenoxy) is 2. The average molecular weight is 574 g/mol. The van der Waals surface area contributed by atoms with Gasteiger partial charge in [-0.25, -0.2) is 0 Å². The van der Waals surface area contributed by atoms with Gasteiger partial charge in [0.25, 0.3) is 0 Å². The summed E-state index contributed by atoms with van der Waals surface area (Å²) in [6.07, 6.45) is 11.7. The molecule has 0 aliphatic rings. The summed E-state index contributed by atoms with van der Waals surface area (Å²) in [6, 6.07) is 17.3. The monoisotopic (exact) mass is 574 g/mol. The van der Waals surface area contributed by atoms with Crippen molar-refractivity contribution in [3.63, 3.8) is 0 Å². The summed E-state index contributed by atoms with van der Waals surface area (Å²) in [5, 5.41) is 2.73.